The molecule has 0 fully saturated rings. The van der Waals surface area contributed by atoms with E-state index in [9.17, 15) is 71.1 Å². The molecule has 19 heteroatoms. The topological polar surface area (TPSA) is 52.6 Å². The van der Waals surface area contributed by atoms with Gasteiger partial charge in [0.15, 0.2) is 0 Å². The molecule has 0 saturated heterocycles. The van der Waals surface area contributed by atoms with Crippen LogP contribution in [0.5, 0.6) is 0 Å². The molecule has 0 aromatic carbocycles. The fourth-order valence-corrected chi connectivity index (χ4v) is 1.89. The largest absolute Gasteiger partial charge is 0.460 e. The number of carbonyl (C=O) groups excluding carboxylic acids is 2. The Hall–Kier alpha value is -1.69. The van der Waals surface area contributed by atoms with Gasteiger partial charge in [0.2, 0.25) is 0 Å². The minimum Gasteiger partial charge on any atom is -0.460 e. The third-order valence-electron chi connectivity index (χ3n) is 2.94. The minimum atomic E-state index is -6.79. The summed E-state index contributed by atoms with van der Waals surface area (Å²) in [6, 6.07) is 0. The van der Waals surface area contributed by atoms with Crippen LogP contribution in [0.3, 0.4) is 0 Å². The molecule has 0 heterocycles. The molecule has 0 rings (SSSR count). The lowest BCUT2D eigenvalue weighted by Gasteiger charge is -2.26. The van der Waals surface area contributed by atoms with Crippen LogP contribution in [-0.2, 0) is 19.1 Å². The van der Waals surface area contributed by atoms with Gasteiger partial charge >= 0.3 is 48.0 Å². The molecule has 0 aromatic rings. The highest BCUT2D eigenvalue weighted by atomic mass is 32.2. The third kappa shape index (κ3) is 6.18. The Morgan fingerprint density at radius 1 is 0.548 bits per heavy atom. The predicted molar refractivity (Wildman–Crippen MR) is 71.1 cm³/mol. The van der Waals surface area contributed by atoms with Crippen LogP contribution in [0.4, 0.5) is 61.5 Å². The fourth-order valence-electron chi connectivity index (χ4n) is 1.28. The Morgan fingerprint density at radius 2 is 0.806 bits per heavy atom. The second kappa shape index (κ2) is 9.43. The molecule has 0 aliphatic rings. The van der Waals surface area contributed by atoms with Crippen LogP contribution in [0.15, 0.2) is 0 Å². The Bertz CT molecular complexity index is 588. The van der Waals surface area contributed by atoms with Crippen LogP contribution < -0.4 is 0 Å². The van der Waals surface area contributed by atoms with E-state index < -0.39 is 72.7 Å². The summed E-state index contributed by atoms with van der Waals surface area (Å²) in [7, 11) is 0. The Balaban J connectivity index is 4.47. The van der Waals surface area contributed by atoms with Crippen LogP contribution in [0, 0.1) is 0 Å². The highest BCUT2D eigenvalue weighted by Gasteiger charge is 2.78. The third-order valence-corrected chi connectivity index (χ3v) is 3.85. The molecule has 0 spiro atoms. The second-order valence-electron chi connectivity index (χ2n) is 5.18. The Kier molecular flexibility index (Phi) is 8.92. The number of rotatable bonds is 10. The average Bonchev–Trinajstić information content (AvgIpc) is 2.57. The number of alkyl halides is 14. The summed E-state index contributed by atoms with van der Waals surface area (Å²) in [5.74, 6) is -34.0. The van der Waals surface area contributed by atoms with Gasteiger partial charge in [0.1, 0.15) is 13.2 Å². The standard InChI is InChI=1S/C12H8F14O4S/c13-7(14,9(17,18)11(21,22)23)5(27)29-1-3-31-4-2-30-6(28)8(15,16)10(19,20)12(24,25)26/h1-4H2. The van der Waals surface area contributed by atoms with Crippen LogP contribution >= 0.6 is 11.8 Å². The van der Waals surface area contributed by atoms with Gasteiger partial charge < -0.3 is 9.47 Å². The van der Waals surface area contributed by atoms with E-state index in [0.29, 0.717) is 11.8 Å². The van der Waals surface area contributed by atoms with Crippen LogP contribution in [0.1, 0.15) is 0 Å². The summed E-state index contributed by atoms with van der Waals surface area (Å²) in [4.78, 5) is 21.5. The van der Waals surface area contributed by atoms with Crippen LogP contribution in [0.2, 0.25) is 0 Å². The number of hydrogen-bond acceptors (Lipinski definition) is 5. The van der Waals surface area contributed by atoms with Gasteiger partial charge in [0.25, 0.3) is 0 Å². The first-order valence-corrected chi connectivity index (χ1v) is 8.27. The quantitative estimate of drug-likeness (QED) is 0.245. The number of hydrogen-bond donors (Lipinski definition) is 0. The maximum absolute atomic E-state index is 12.9. The van der Waals surface area contributed by atoms with E-state index in [1.807, 2.05) is 0 Å². The highest BCUT2D eigenvalue weighted by molar-refractivity contribution is 7.99. The zero-order chi connectivity index (χ0) is 25.1. The summed E-state index contributed by atoms with van der Waals surface area (Å²) in [6.07, 6.45) is -13.6. The molecule has 4 nitrogen and oxygen atoms in total. The van der Waals surface area contributed by atoms with E-state index >= 15 is 0 Å². The van der Waals surface area contributed by atoms with Crippen molar-refractivity contribution in [2.45, 2.75) is 36.0 Å². The first-order chi connectivity index (χ1) is 13.5. The van der Waals surface area contributed by atoms with Crippen molar-refractivity contribution in [1.29, 1.82) is 0 Å². The molecule has 0 bridgehead atoms. The van der Waals surface area contributed by atoms with Gasteiger partial charge in [-0.2, -0.15) is 73.2 Å². The summed E-state index contributed by atoms with van der Waals surface area (Å²) in [6.45, 7) is -2.47. The first kappa shape index (κ1) is 29.3. The number of thioether (sulfide) groups is 1. The van der Waals surface area contributed by atoms with Crippen molar-refractivity contribution in [3.8, 4) is 0 Å². The van der Waals surface area contributed by atoms with Gasteiger partial charge in [-0.25, -0.2) is 9.59 Å². The molecule has 0 unspecified atom stereocenters. The van der Waals surface area contributed by atoms with Gasteiger partial charge in [0, 0.05) is 11.5 Å². The predicted octanol–water partition coefficient (Wildman–Crippen LogP) is 4.47. The lowest BCUT2D eigenvalue weighted by atomic mass is 10.1. The van der Waals surface area contributed by atoms with E-state index in [-0.39, 0.29) is 0 Å². The van der Waals surface area contributed by atoms with Crippen molar-refractivity contribution in [3.63, 3.8) is 0 Å². The first-order valence-electron chi connectivity index (χ1n) is 7.12. The molecule has 184 valence electrons. The summed E-state index contributed by atoms with van der Waals surface area (Å²) in [5.41, 5.74) is 0. The molecule has 0 aliphatic heterocycles. The molecule has 0 atom stereocenters. The zero-order valence-corrected chi connectivity index (χ0v) is 15.0. The molecular formula is C12H8F14O4S. The molecule has 0 amide bonds. The van der Waals surface area contributed by atoms with Crippen molar-refractivity contribution in [3.05, 3.63) is 0 Å². The van der Waals surface area contributed by atoms with E-state index in [0.717, 1.165) is 0 Å². The van der Waals surface area contributed by atoms with Gasteiger partial charge in [-0.05, 0) is 0 Å². The van der Waals surface area contributed by atoms with E-state index in [1.165, 1.54) is 0 Å². The van der Waals surface area contributed by atoms with E-state index in [4.69, 9.17) is 0 Å². The average molecular weight is 514 g/mol. The van der Waals surface area contributed by atoms with Gasteiger partial charge in [-0.3, -0.25) is 0 Å². The number of ether oxygens (including phenoxy) is 2. The number of halogens is 14. The van der Waals surface area contributed by atoms with Crippen molar-refractivity contribution in [1.82, 2.24) is 0 Å². The Morgan fingerprint density at radius 3 is 1.03 bits per heavy atom. The SMILES string of the molecule is O=C(OCCSCCOC(=O)C(F)(F)C(F)(F)C(F)(F)F)C(F)(F)C(F)(F)C(F)(F)F. The zero-order valence-electron chi connectivity index (χ0n) is 14.2. The van der Waals surface area contributed by atoms with Crippen LogP contribution in [-0.4, -0.2) is 72.7 Å². The summed E-state index contributed by atoms with van der Waals surface area (Å²) < 4.78 is 180. The molecule has 31 heavy (non-hydrogen) atoms. The fraction of sp³-hybridized carbons (Fsp3) is 0.833. The number of esters is 2. The van der Waals surface area contributed by atoms with E-state index in [1.54, 1.807) is 0 Å². The number of carbonyl (C=O) groups is 2. The van der Waals surface area contributed by atoms with Crippen molar-refractivity contribution in [2.24, 2.45) is 0 Å². The normalized spacial score (nSPS) is 14.4. The maximum Gasteiger partial charge on any atom is 0.460 e. The molecule has 0 aromatic heterocycles. The molecule has 0 saturated carbocycles. The lowest BCUT2D eigenvalue weighted by Crippen LogP contribution is -2.56. The van der Waals surface area contributed by atoms with E-state index in [2.05, 4.69) is 9.47 Å². The smallest absolute Gasteiger partial charge is 0.460 e. The van der Waals surface area contributed by atoms with Gasteiger partial charge in [0.05, 0.1) is 0 Å². The molecular weight excluding hydrogens is 506 g/mol. The Labute approximate surface area is 166 Å². The van der Waals surface area contributed by atoms with Crippen molar-refractivity contribution < 1.29 is 80.5 Å². The molecule has 0 aliphatic carbocycles. The summed E-state index contributed by atoms with van der Waals surface area (Å²) in [5, 5.41) is 0. The molecule has 0 radical (unpaired) electrons. The van der Waals surface area contributed by atoms with Gasteiger partial charge in [-0.15, -0.1) is 0 Å². The van der Waals surface area contributed by atoms with Crippen molar-refractivity contribution in [2.75, 3.05) is 24.7 Å². The van der Waals surface area contributed by atoms with Crippen LogP contribution in [0.25, 0.3) is 0 Å². The second-order valence-corrected chi connectivity index (χ2v) is 6.40. The van der Waals surface area contributed by atoms with Gasteiger partial charge in [-0.1, -0.05) is 0 Å². The maximum atomic E-state index is 12.9. The minimum absolute atomic E-state index is 0.321. The summed E-state index contributed by atoms with van der Waals surface area (Å²) >= 11 is 0.321. The molecule has 0 N–H and O–H groups in total. The highest BCUT2D eigenvalue weighted by Crippen LogP contribution is 2.48. The lowest BCUT2D eigenvalue weighted by molar-refractivity contribution is -0.348. The monoisotopic (exact) mass is 514 g/mol. The van der Waals surface area contributed by atoms with Crippen molar-refractivity contribution >= 4 is 23.7 Å².